The lowest BCUT2D eigenvalue weighted by Crippen LogP contribution is -2.42. The fraction of sp³-hybridized carbons (Fsp3) is 0.172. The molecule has 2 aliphatic heterocycles. The Balaban J connectivity index is 1.66. The van der Waals surface area contributed by atoms with E-state index in [2.05, 4.69) is 0 Å². The van der Waals surface area contributed by atoms with Crippen molar-refractivity contribution in [2.75, 3.05) is 11.7 Å². The van der Waals surface area contributed by atoms with Crippen LogP contribution in [0.3, 0.4) is 0 Å². The van der Waals surface area contributed by atoms with Crippen molar-refractivity contribution < 1.29 is 19.4 Å². The number of carbonyl (C=O) groups excluding carboxylic acids is 1. The van der Waals surface area contributed by atoms with Gasteiger partial charge in [-0.1, -0.05) is 60.1 Å². The van der Waals surface area contributed by atoms with Gasteiger partial charge in [0.25, 0.3) is 0 Å². The molecule has 6 nitrogen and oxygen atoms in total. The predicted octanol–water partition coefficient (Wildman–Crippen LogP) is 6.63. The van der Waals surface area contributed by atoms with Crippen LogP contribution in [0.2, 0.25) is 5.02 Å². The number of halogens is 1. The van der Waals surface area contributed by atoms with Gasteiger partial charge in [0.2, 0.25) is 6.79 Å². The van der Waals surface area contributed by atoms with Crippen molar-refractivity contribution in [3.63, 3.8) is 0 Å². The third-order valence-electron chi connectivity index (χ3n) is 6.88. The normalized spacial score (nSPS) is 20.5. The van der Waals surface area contributed by atoms with Gasteiger partial charge in [0, 0.05) is 34.7 Å². The minimum absolute atomic E-state index is 0.00170. The zero-order chi connectivity index (χ0) is 24.8. The second-order valence-corrected chi connectivity index (χ2v) is 9.35. The Morgan fingerprint density at radius 3 is 2.53 bits per heavy atom. The summed E-state index contributed by atoms with van der Waals surface area (Å²) in [5.74, 6) is 0.599. The lowest BCUT2D eigenvalue weighted by atomic mass is 9.73. The van der Waals surface area contributed by atoms with Crippen LogP contribution in [0.1, 0.15) is 36.3 Å². The number of hydrogen-bond donors (Lipinski definition) is 2. The van der Waals surface area contributed by atoms with Crippen LogP contribution in [0, 0.1) is 5.41 Å². The Bertz CT molecular complexity index is 1460. The van der Waals surface area contributed by atoms with Crippen LogP contribution >= 0.6 is 11.6 Å². The highest BCUT2D eigenvalue weighted by atomic mass is 35.5. The molecule has 2 heterocycles. The van der Waals surface area contributed by atoms with Gasteiger partial charge in [0.1, 0.15) is 11.6 Å². The average Bonchev–Trinajstić information content (AvgIpc) is 3.37. The summed E-state index contributed by atoms with van der Waals surface area (Å²) in [5.41, 5.74) is 3.59. The number of rotatable bonds is 3. The highest BCUT2D eigenvalue weighted by Crippen LogP contribution is 2.50. The van der Waals surface area contributed by atoms with Gasteiger partial charge in [-0.05, 0) is 42.7 Å². The summed E-state index contributed by atoms with van der Waals surface area (Å²) in [6.07, 6.45) is 1.71. The number of Topliss-reactive ketones (excluding diaryl/α,β-unsaturated/α-hetero) is 1. The average molecular weight is 499 g/mol. The number of nitrogens with one attached hydrogen (secondary N) is 1. The molecule has 0 amide bonds. The molecule has 0 fully saturated rings. The molecule has 0 spiro atoms. The second-order valence-electron chi connectivity index (χ2n) is 8.95. The number of ether oxygens (including phenoxy) is 2. The van der Waals surface area contributed by atoms with Crippen LogP contribution in [-0.4, -0.2) is 23.5 Å². The number of fused-ring (bicyclic) bond motifs is 1. The second kappa shape index (κ2) is 8.88. The van der Waals surface area contributed by atoms with Crippen molar-refractivity contribution in [1.29, 1.82) is 5.41 Å². The van der Waals surface area contributed by atoms with Gasteiger partial charge in [-0.3, -0.25) is 15.1 Å². The molecule has 0 bridgehead atoms. The van der Waals surface area contributed by atoms with Crippen LogP contribution in [-0.2, 0) is 4.79 Å². The van der Waals surface area contributed by atoms with Gasteiger partial charge in [0.05, 0.1) is 10.7 Å². The van der Waals surface area contributed by atoms with E-state index >= 15 is 0 Å². The topological polar surface area (TPSA) is 82.9 Å². The van der Waals surface area contributed by atoms with E-state index in [1.807, 2.05) is 54.6 Å². The van der Waals surface area contributed by atoms with Crippen molar-refractivity contribution in [3.05, 3.63) is 106 Å². The van der Waals surface area contributed by atoms with E-state index in [1.54, 1.807) is 23.1 Å². The quantitative estimate of drug-likeness (QED) is 0.396. The highest BCUT2D eigenvalue weighted by Gasteiger charge is 2.44. The standard InChI is InChI=1S/C29H23ClN2O4/c30-19-9-4-5-10-20(19)32-21-11-6-12-22(33)26(21)25(18-13-14-23-24(15-18)36-16-35-23)27(29(32)31)28(34)17-7-2-1-3-8-17/h1-5,7-10,13-15,25,31,34H,6,11-12,16H2/b28-27+,31-29?. The number of hydrogen-bond acceptors (Lipinski definition) is 5. The zero-order valence-electron chi connectivity index (χ0n) is 19.3. The van der Waals surface area contributed by atoms with Crippen LogP contribution in [0.5, 0.6) is 11.5 Å². The Morgan fingerprint density at radius 1 is 0.972 bits per heavy atom. The molecule has 0 saturated heterocycles. The number of nitrogens with zero attached hydrogens (tertiary/aromatic N) is 1. The van der Waals surface area contributed by atoms with E-state index in [0.717, 1.165) is 11.3 Å². The van der Waals surface area contributed by atoms with Crippen molar-refractivity contribution in [3.8, 4) is 11.5 Å². The summed E-state index contributed by atoms with van der Waals surface area (Å²) < 4.78 is 11.1. The largest absolute Gasteiger partial charge is 0.507 e. The molecule has 1 atom stereocenters. The highest BCUT2D eigenvalue weighted by molar-refractivity contribution is 6.34. The molecular formula is C29H23ClN2O4. The van der Waals surface area contributed by atoms with E-state index in [1.165, 1.54) is 0 Å². The lowest BCUT2D eigenvalue weighted by Gasteiger charge is -2.42. The number of ketones is 1. The fourth-order valence-corrected chi connectivity index (χ4v) is 5.49. The molecule has 6 rings (SSSR count). The maximum Gasteiger partial charge on any atom is 0.231 e. The Kier molecular flexibility index (Phi) is 5.53. The summed E-state index contributed by atoms with van der Waals surface area (Å²) in [6, 6.07) is 21.9. The number of anilines is 1. The van der Waals surface area contributed by atoms with Crippen molar-refractivity contribution in [1.82, 2.24) is 0 Å². The van der Waals surface area contributed by atoms with Crippen molar-refractivity contribution >= 4 is 34.7 Å². The van der Waals surface area contributed by atoms with Crippen LogP contribution in [0.15, 0.2) is 89.6 Å². The van der Waals surface area contributed by atoms with E-state index in [4.69, 9.17) is 21.1 Å². The summed E-state index contributed by atoms with van der Waals surface area (Å²) in [5, 5.41) is 21.5. The first kappa shape index (κ1) is 22.4. The van der Waals surface area contributed by atoms with Crippen LogP contribution < -0.4 is 14.4 Å². The first-order chi connectivity index (χ1) is 17.5. The van der Waals surface area contributed by atoms with Gasteiger partial charge < -0.3 is 14.6 Å². The molecule has 0 saturated carbocycles. The fourth-order valence-electron chi connectivity index (χ4n) is 5.27. The molecule has 3 aliphatic rings. The molecule has 1 aliphatic carbocycles. The number of aliphatic hydroxyl groups excluding tert-OH is 1. The van der Waals surface area contributed by atoms with Crippen molar-refractivity contribution in [2.45, 2.75) is 25.2 Å². The molecule has 3 aromatic rings. The zero-order valence-corrected chi connectivity index (χ0v) is 20.1. The molecule has 180 valence electrons. The number of benzene rings is 3. The number of allylic oxidation sites excluding steroid dienone is 2. The van der Waals surface area contributed by atoms with E-state index in [0.29, 0.717) is 58.2 Å². The van der Waals surface area contributed by atoms with Crippen molar-refractivity contribution in [2.24, 2.45) is 0 Å². The van der Waals surface area contributed by atoms with Crippen LogP contribution in [0.4, 0.5) is 5.69 Å². The molecular weight excluding hydrogens is 476 g/mol. The third-order valence-corrected chi connectivity index (χ3v) is 7.20. The van der Waals surface area contributed by atoms with E-state index in [9.17, 15) is 15.3 Å². The smallest absolute Gasteiger partial charge is 0.231 e. The molecule has 7 heteroatoms. The minimum atomic E-state index is -0.645. The number of aliphatic hydroxyl groups is 1. The first-order valence-electron chi connectivity index (χ1n) is 11.8. The maximum atomic E-state index is 13.6. The van der Waals surface area contributed by atoms with Gasteiger partial charge in [-0.25, -0.2) is 0 Å². The Labute approximate surface area is 213 Å². The lowest BCUT2D eigenvalue weighted by molar-refractivity contribution is -0.116. The SMILES string of the molecule is N=C1/C(=C(/O)c2ccccc2)C(c2ccc3c(c2)OCO3)C2=C(CCCC2=O)N1c1ccccc1Cl. The van der Waals surface area contributed by atoms with Crippen LogP contribution in [0.25, 0.3) is 5.76 Å². The minimum Gasteiger partial charge on any atom is -0.507 e. The molecule has 0 radical (unpaired) electrons. The Hall–Kier alpha value is -4.03. The number of carbonyl (C=O) groups is 1. The molecule has 1 unspecified atom stereocenters. The van der Waals surface area contributed by atoms with Gasteiger partial charge >= 0.3 is 0 Å². The van der Waals surface area contributed by atoms with Gasteiger partial charge in [-0.2, -0.15) is 0 Å². The third kappa shape index (κ3) is 3.57. The summed E-state index contributed by atoms with van der Waals surface area (Å²) in [4.78, 5) is 15.3. The van der Waals surface area contributed by atoms with E-state index in [-0.39, 0.29) is 24.2 Å². The van der Waals surface area contributed by atoms with Gasteiger partial charge in [-0.15, -0.1) is 0 Å². The molecule has 2 N–H and O–H groups in total. The number of amidine groups is 1. The number of para-hydroxylation sites is 1. The predicted molar refractivity (Wildman–Crippen MR) is 139 cm³/mol. The summed E-state index contributed by atoms with van der Waals surface area (Å²) >= 11 is 6.60. The summed E-state index contributed by atoms with van der Waals surface area (Å²) in [7, 11) is 0. The Morgan fingerprint density at radius 2 is 1.72 bits per heavy atom. The molecule has 0 aromatic heterocycles. The first-order valence-corrected chi connectivity index (χ1v) is 12.2. The van der Waals surface area contributed by atoms with Gasteiger partial charge in [0.15, 0.2) is 17.3 Å². The maximum absolute atomic E-state index is 13.6. The monoisotopic (exact) mass is 498 g/mol. The molecule has 36 heavy (non-hydrogen) atoms. The van der Waals surface area contributed by atoms with E-state index < -0.39 is 5.92 Å². The summed E-state index contributed by atoms with van der Waals surface area (Å²) in [6.45, 7) is 0.129. The molecule has 3 aromatic carbocycles.